The van der Waals surface area contributed by atoms with E-state index in [1.54, 1.807) is 17.0 Å². The van der Waals surface area contributed by atoms with E-state index < -0.39 is 0 Å². The molecular weight excluding hydrogens is 365 g/mol. The van der Waals surface area contributed by atoms with Crippen LogP contribution in [0.25, 0.3) is 0 Å². The molecule has 0 aliphatic carbocycles. The molecule has 8 heteroatoms. The lowest BCUT2D eigenvalue weighted by molar-refractivity contribution is 0.251. The van der Waals surface area contributed by atoms with E-state index in [1.165, 1.54) is 12.1 Å². The van der Waals surface area contributed by atoms with Crippen molar-refractivity contribution in [1.82, 2.24) is 10.0 Å². The Labute approximate surface area is 163 Å². The Morgan fingerprint density at radius 2 is 1.93 bits per heavy atom. The van der Waals surface area contributed by atoms with Gasteiger partial charge in [0.2, 0.25) is 0 Å². The van der Waals surface area contributed by atoms with Gasteiger partial charge in [0.15, 0.2) is 5.96 Å². The zero-order valence-electron chi connectivity index (χ0n) is 15.2. The monoisotopic (exact) mass is 387 g/mol. The number of hydrogen-bond acceptors (Lipinski definition) is 5. The molecule has 0 aromatic heterocycles. The van der Waals surface area contributed by atoms with E-state index in [4.69, 9.17) is 0 Å². The van der Waals surface area contributed by atoms with E-state index in [9.17, 15) is 9.18 Å². The van der Waals surface area contributed by atoms with Gasteiger partial charge in [0.05, 0.1) is 13.1 Å². The molecule has 2 aromatic rings. The summed E-state index contributed by atoms with van der Waals surface area (Å²) in [6.45, 7) is 5.83. The molecule has 0 fully saturated rings. The number of thiol groups is 1. The van der Waals surface area contributed by atoms with Gasteiger partial charge in [-0.05, 0) is 54.8 Å². The van der Waals surface area contributed by atoms with Gasteiger partial charge in [-0.1, -0.05) is 24.9 Å². The second-order valence-electron chi connectivity index (χ2n) is 6.37. The van der Waals surface area contributed by atoms with E-state index in [2.05, 4.69) is 33.2 Å². The van der Waals surface area contributed by atoms with E-state index in [0.29, 0.717) is 6.54 Å². The van der Waals surface area contributed by atoms with Crippen molar-refractivity contribution in [3.05, 3.63) is 58.9 Å². The number of urea groups is 1. The molecule has 0 radical (unpaired) electrons. The third-order valence-corrected chi connectivity index (χ3v) is 4.53. The smallest absolute Gasteiger partial charge is 0.331 e. The highest BCUT2D eigenvalue weighted by Gasteiger charge is 2.18. The van der Waals surface area contributed by atoms with Crippen molar-refractivity contribution in [3.8, 4) is 0 Å². The molecule has 2 amide bonds. The van der Waals surface area contributed by atoms with Gasteiger partial charge < -0.3 is 10.6 Å². The van der Waals surface area contributed by atoms with Crippen LogP contribution >= 0.6 is 12.8 Å². The molecule has 27 heavy (non-hydrogen) atoms. The average molecular weight is 387 g/mol. The number of carbonyl (C=O) groups is 1. The minimum Gasteiger partial charge on any atom is -0.354 e. The molecule has 3 rings (SSSR count). The molecule has 0 spiro atoms. The lowest BCUT2D eigenvalue weighted by Gasteiger charge is -2.24. The zero-order chi connectivity index (χ0) is 19.4. The maximum Gasteiger partial charge on any atom is 0.331 e. The molecule has 0 saturated heterocycles. The number of nitrogens with zero attached hydrogens (tertiary/aromatic N) is 2. The van der Waals surface area contributed by atoms with Crippen LogP contribution in [0.3, 0.4) is 0 Å². The highest BCUT2D eigenvalue weighted by atomic mass is 32.1. The number of hydrogen-bond donors (Lipinski definition) is 4. The second kappa shape index (κ2) is 8.30. The SMILES string of the molecule is Cc1cc(N(Cc2ccc(F)cc2)C(=O)NS)cc(C)c1NC1=NCCN1. The van der Waals surface area contributed by atoms with Gasteiger partial charge in [0.25, 0.3) is 0 Å². The predicted octanol–water partition coefficient (Wildman–Crippen LogP) is 3.37. The molecular formula is C19H22FN5OS. The summed E-state index contributed by atoms with van der Waals surface area (Å²) in [4.78, 5) is 18.3. The summed E-state index contributed by atoms with van der Waals surface area (Å²) in [6, 6.07) is 9.58. The number of halogens is 1. The first-order valence-corrected chi connectivity index (χ1v) is 9.05. The lowest BCUT2D eigenvalue weighted by atomic mass is 10.1. The fourth-order valence-corrected chi connectivity index (χ4v) is 3.13. The van der Waals surface area contributed by atoms with Crippen LogP contribution in [-0.2, 0) is 6.54 Å². The van der Waals surface area contributed by atoms with Crippen LogP contribution in [0.15, 0.2) is 41.4 Å². The lowest BCUT2D eigenvalue weighted by Crippen LogP contribution is -2.35. The van der Waals surface area contributed by atoms with Crippen LogP contribution in [0.1, 0.15) is 16.7 Å². The number of carbonyl (C=O) groups excluding carboxylic acids is 1. The topological polar surface area (TPSA) is 68.8 Å². The number of nitrogens with one attached hydrogen (secondary N) is 3. The summed E-state index contributed by atoms with van der Waals surface area (Å²) in [6.07, 6.45) is 0. The Morgan fingerprint density at radius 1 is 1.26 bits per heavy atom. The molecule has 0 saturated carbocycles. The number of rotatable bonds is 4. The summed E-state index contributed by atoms with van der Waals surface area (Å²) in [5.41, 5.74) is 4.47. The Kier molecular flexibility index (Phi) is 5.85. The molecule has 6 nitrogen and oxygen atoms in total. The first-order valence-electron chi connectivity index (χ1n) is 8.60. The Hall–Kier alpha value is -2.74. The largest absolute Gasteiger partial charge is 0.354 e. The van der Waals surface area contributed by atoms with Crippen LogP contribution in [-0.4, -0.2) is 25.1 Å². The van der Waals surface area contributed by atoms with Crippen molar-refractivity contribution in [2.24, 2.45) is 4.99 Å². The van der Waals surface area contributed by atoms with Crippen molar-refractivity contribution in [2.45, 2.75) is 20.4 Å². The number of benzene rings is 2. The van der Waals surface area contributed by atoms with Gasteiger partial charge >= 0.3 is 6.03 Å². The van der Waals surface area contributed by atoms with Gasteiger partial charge in [-0.25, -0.2) is 9.18 Å². The summed E-state index contributed by atoms with van der Waals surface area (Å²) in [5.74, 6) is 0.444. The van der Waals surface area contributed by atoms with Crippen molar-refractivity contribution in [3.63, 3.8) is 0 Å². The van der Waals surface area contributed by atoms with E-state index in [1.807, 2.05) is 26.0 Å². The van der Waals surface area contributed by atoms with E-state index in [0.717, 1.165) is 47.1 Å². The number of amides is 2. The van der Waals surface area contributed by atoms with Crippen LogP contribution < -0.4 is 20.3 Å². The number of anilines is 2. The molecule has 0 atom stereocenters. The van der Waals surface area contributed by atoms with E-state index >= 15 is 0 Å². The van der Waals surface area contributed by atoms with Gasteiger partial charge in [0.1, 0.15) is 5.82 Å². The third kappa shape index (κ3) is 4.51. The summed E-state index contributed by atoms with van der Waals surface area (Å²) >= 11 is 3.90. The van der Waals surface area contributed by atoms with Crippen LogP contribution in [0.4, 0.5) is 20.6 Å². The molecule has 0 unspecified atom stereocenters. The van der Waals surface area contributed by atoms with Crippen molar-refractivity contribution in [2.75, 3.05) is 23.3 Å². The third-order valence-electron chi connectivity index (χ3n) is 4.34. The first-order chi connectivity index (χ1) is 13.0. The molecule has 142 valence electrons. The average Bonchev–Trinajstić information content (AvgIpc) is 3.16. The van der Waals surface area contributed by atoms with Gasteiger partial charge in [-0.3, -0.25) is 14.6 Å². The first kappa shape index (κ1) is 19.0. The van der Waals surface area contributed by atoms with E-state index in [-0.39, 0.29) is 11.8 Å². The fraction of sp³-hybridized carbons (Fsp3) is 0.263. The highest BCUT2D eigenvalue weighted by molar-refractivity contribution is 7.78. The van der Waals surface area contributed by atoms with Gasteiger partial charge in [0, 0.05) is 17.9 Å². The number of aliphatic imine (C=N–C) groups is 1. The Bertz CT molecular complexity index is 846. The Balaban J connectivity index is 1.89. The zero-order valence-corrected chi connectivity index (χ0v) is 16.1. The molecule has 1 aliphatic rings. The number of aryl methyl sites for hydroxylation is 2. The van der Waals surface area contributed by atoms with Gasteiger partial charge in [-0.15, -0.1) is 0 Å². The predicted molar refractivity (Wildman–Crippen MR) is 110 cm³/mol. The quantitative estimate of drug-likeness (QED) is 0.608. The second-order valence-corrected chi connectivity index (χ2v) is 6.59. The summed E-state index contributed by atoms with van der Waals surface area (Å²) in [5, 5.41) is 6.49. The molecule has 2 aromatic carbocycles. The van der Waals surface area contributed by atoms with Crippen molar-refractivity contribution < 1.29 is 9.18 Å². The maximum atomic E-state index is 13.2. The molecule has 1 aliphatic heterocycles. The van der Waals surface area contributed by atoms with Crippen molar-refractivity contribution in [1.29, 1.82) is 0 Å². The number of guanidine groups is 1. The minimum atomic E-state index is -0.357. The van der Waals surface area contributed by atoms with Gasteiger partial charge in [-0.2, -0.15) is 0 Å². The normalized spacial score (nSPS) is 13.0. The maximum absolute atomic E-state index is 13.2. The summed E-state index contributed by atoms with van der Waals surface area (Å²) < 4.78 is 15.5. The van der Waals surface area contributed by atoms with Crippen LogP contribution in [0.2, 0.25) is 0 Å². The van der Waals surface area contributed by atoms with Crippen LogP contribution in [0, 0.1) is 19.7 Å². The molecule has 3 N–H and O–H groups in total. The van der Waals surface area contributed by atoms with Crippen molar-refractivity contribution >= 4 is 36.2 Å². The standard InChI is InChI=1S/C19H22FN5OS/c1-12-9-16(10-13(2)17(12)23-18-21-7-8-22-18)25(19(26)24-27)11-14-3-5-15(20)6-4-14/h3-6,9-10,27H,7-8,11H2,1-2H3,(H,24,26)(H2,21,22,23). The minimum absolute atomic E-state index is 0.298. The molecule has 1 heterocycles. The fourth-order valence-electron chi connectivity index (χ4n) is 3.01. The van der Waals surface area contributed by atoms with Crippen LogP contribution in [0.5, 0.6) is 0 Å². The molecule has 0 bridgehead atoms. The Morgan fingerprint density at radius 3 is 2.48 bits per heavy atom. The summed E-state index contributed by atoms with van der Waals surface area (Å²) in [7, 11) is 0. The highest BCUT2D eigenvalue weighted by Crippen LogP contribution is 2.28.